The Morgan fingerprint density at radius 1 is 1.46 bits per heavy atom. The molecule has 1 heterocycles. The van der Waals surface area contributed by atoms with Crippen LogP contribution in [0.3, 0.4) is 0 Å². The van der Waals surface area contributed by atoms with Crippen LogP contribution in [0.15, 0.2) is 0 Å². The Bertz CT molecular complexity index is 167. The van der Waals surface area contributed by atoms with Crippen LogP contribution in [0, 0.1) is 5.92 Å². The van der Waals surface area contributed by atoms with Crippen molar-refractivity contribution in [1.82, 2.24) is 0 Å². The molecule has 0 aromatic heterocycles. The molecule has 0 aromatic carbocycles. The summed E-state index contributed by atoms with van der Waals surface area (Å²) < 4.78 is 5.73. The Labute approximate surface area is 80.3 Å². The number of ether oxygens (including phenoxy) is 1. The van der Waals surface area contributed by atoms with Crippen LogP contribution < -0.4 is 0 Å². The summed E-state index contributed by atoms with van der Waals surface area (Å²) in [5.74, 6) is -0.104. The fourth-order valence-corrected chi connectivity index (χ4v) is 2.75. The van der Waals surface area contributed by atoms with E-state index < -0.39 is 5.79 Å². The molecular weight excluding hydrogens is 164 g/mol. The molecule has 1 N–H and O–H groups in total. The Morgan fingerprint density at radius 2 is 2.31 bits per heavy atom. The predicted molar refractivity (Wildman–Crippen MR) is 51.3 cm³/mol. The van der Waals surface area contributed by atoms with Gasteiger partial charge >= 0.3 is 0 Å². The van der Waals surface area contributed by atoms with Crippen molar-refractivity contribution in [3.8, 4) is 0 Å². The highest BCUT2D eigenvalue weighted by molar-refractivity contribution is 4.90. The number of unbranched alkanes of at least 4 members (excludes halogenated alkanes) is 1. The molecule has 1 aliphatic heterocycles. The van der Waals surface area contributed by atoms with Gasteiger partial charge in [-0.15, -0.1) is 0 Å². The third kappa shape index (κ3) is 1.89. The van der Waals surface area contributed by atoms with Gasteiger partial charge in [-0.2, -0.15) is 0 Å². The summed E-state index contributed by atoms with van der Waals surface area (Å²) in [6.07, 6.45) is 8.03. The molecule has 2 nitrogen and oxygen atoms in total. The summed E-state index contributed by atoms with van der Waals surface area (Å²) in [5.41, 5.74) is 0. The zero-order valence-electron chi connectivity index (χ0n) is 8.46. The van der Waals surface area contributed by atoms with E-state index in [4.69, 9.17) is 4.74 Å². The predicted octanol–water partition coefficient (Wildman–Crippen LogP) is 2.45. The minimum Gasteiger partial charge on any atom is -0.365 e. The molecule has 1 saturated heterocycles. The lowest BCUT2D eigenvalue weighted by molar-refractivity contribution is -0.196. The third-order valence-electron chi connectivity index (χ3n) is 3.46. The van der Waals surface area contributed by atoms with E-state index >= 15 is 0 Å². The average Bonchev–Trinajstić information content (AvgIpc) is 2.59. The summed E-state index contributed by atoms with van der Waals surface area (Å²) in [4.78, 5) is 0. The van der Waals surface area contributed by atoms with Gasteiger partial charge in [-0.3, -0.25) is 0 Å². The molecule has 13 heavy (non-hydrogen) atoms. The van der Waals surface area contributed by atoms with Crippen molar-refractivity contribution >= 4 is 0 Å². The molecule has 2 fully saturated rings. The largest absolute Gasteiger partial charge is 0.365 e. The molecule has 3 unspecified atom stereocenters. The topological polar surface area (TPSA) is 29.5 Å². The lowest BCUT2D eigenvalue weighted by Crippen LogP contribution is -2.28. The zero-order valence-corrected chi connectivity index (χ0v) is 8.46. The molecule has 0 radical (unpaired) electrons. The molecule has 2 heteroatoms. The fraction of sp³-hybridized carbons (Fsp3) is 1.00. The smallest absolute Gasteiger partial charge is 0.166 e. The van der Waals surface area contributed by atoms with Crippen LogP contribution in [0.1, 0.15) is 51.9 Å². The molecule has 0 bridgehead atoms. The van der Waals surface area contributed by atoms with Crippen molar-refractivity contribution in [3.05, 3.63) is 0 Å². The Hall–Kier alpha value is -0.0800. The first-order valence-electron chi connectivity index (χ1n) is 5.64. The normalized spacial score (nSPS) is 43.8. The van der Waals surface area contributed by atoms with Gasteiger partial charge in [-0.25, -0.2) is 0 Å². The van der Waals surface area contributed by atoms with Gasteiger partial charge in [-0.1, -0.05) is 19.8 Å². The lowest BCUT2D eigenvalue weighted by atomic mass is 9.97. The molecule has 0 spiro atoms. The van der Waals surface area contributed by atoms with E-state index in [1.807, 2.05) is 0 Å². The summed E-state index contributed by atoms with van der Waals surface area (Å²) in [7, 11) is 0. The van der Waals surface area contributed by atoms with E-state index in [0.717, 1.165) is 25.7 Å². The first kappa shape index (κ1) is 9.47. The van der Waals surface area contributed by atoms with Gasteiger partial charge < -0.3 is 9.84 Å². The number of hydrogen-bond acceptors (Lipinski definition) is 2. The molecule has 76 valence electrons. The van der Waals surface area contributed by atoms with Crippen LogP contribution in [-0.4, -0.2) is 17.0 Å². The van der Waals surface area contributed by atoms with Crippen LogP contribution in [0.4, 0.5) is 0 Å². The molecular formula is C11H20O2. The quantitative estimate of drug-likeness (QED) is 0.730. The Balaban J connectivity index is 1.88. The highest BCUT2D eigenvalue weighted by Gasteiger charge is 2.46. The molecule has 3 atom stereocenters. The van der Waals surface area contributed by atoms with Gasteiger partial charge in [-0.05, 0) is 25.2 Å². The maximum absolute atomic E-state index is 10.1. The monoisotopic (exact) mass is 184 g/mol. The second-order valence-electron chi connectivity index (χ2n) is 4.60. The molecule has 2 rings (SSSR count). The van der Waals surface area contributed by atoms with E-state index in [9.17, 15) is 5.11 Å². The van der Waals surface area contributed by atoms with Gasteiger partial charge in [0, 0.05) is 12.8 Å². The Morgan fingerprint density at radius 3 is 3.00 bits per heavy atom. The van der Waals surface area contributed by atoms with Crippen LogP contribution in [-0.2, 0) is 4.74 Å². The van der Waals surface area contributed by atoms with Gasteiger partial charge in [0.15, 0.2) is 5.79 Å². The maximum Gasteiger partial charge on any atom is 0.166 e. The van der Waals surface area contributed by atoms with Crippen molar-refractivity contribution < 1.29 is 9.84 Å². The summed E-state index contributed by atoms with van der Waals surface area (Å²) in [6.45, 7) is 2.15. The highest BCUT2D eigenvalue weighted by atomic mass is 16.6. The second kappa shape index (κ2) is 3.58. The summed E-state index contributed by atoms with van der Waals surface area (Å²) in [6, 6.07) is 0. The lowest BCUT2D eigenvalue weighted by Gasteiger charge is -2.23. The molecule has 0 amide bonds. The van der Waals surface area contributed by atoms with Crippen molar-refractivity contribution in [2.75, 3.05) is 0 Å². The molecule has 1 aliphatic carbocycles. The van der Waals surface area contributed by atoms with Crippen LogP contribution in [0.2, 0.25) is 0 Å². The van der Waals surface area contributed by atoms with E-state index in [0.29, 0.717) is 12.0 Å². The SMILES string of the molecule is CCCCC1(O)CC2CCCC2O1. The second-order valence-corrected chi connectivity index (χ2v) is 4.60. The van der Waals surface area contributed by atoms with Crippen LogP contribution in [0.25, 0.3) is 0 Å². The van der Waals surface area contributed by atoms with E-state index in [-0.39, 0.29) is 0 Å². The van der Waals surface area contributed by atoms with Gasteiger partial charge in [0.05, 0.1) is 6.10 Å². The first-order valence-corrected chi connectivity index (χ1v) is 5.64. The molecule has 2 aliphatic rings. The number of hydrogen-bond donors (Lipinski definition) is 1. The zero-order chi connectivity index (χ0) is 9.31. The molecule has 1 saturated carbocycles. The standard InChI is InChI=1S/C11H20O2/c1-2-3-7-11(12)8-9-5-4-6-10(9)13-11/h9-10,12H,2-8H2,1H3. The van der Waals surface area contributed by atoms with Crippen LogP contribution >= 0.6 is 0 Å². The van der Waals surface area contributed by atoms with E-state index in [1.165, 1.54) is 19.3 Å². The summed E-state index contributed by atoms with van der Waals surface area (Å²) in [5, 5.41) is 10.1. The van der Waals surface area contributed by atoms with Crippen LogP contribution in [0.5, 0.6) is 0 Å². The fourth-order valence-electron chi connectivity index (χ4n) is 2.75. The van der Waals surface area contributed by atoms with E-state index in [2.05, 4.69) is 6.92 Å². The average molecular weight is 184 g/mol. The minimum absolute atomic E-state index is 0.377. The number of rotatable bonds is 3. The van der Waals surface area contributed by atoms with Gasteiger partial charge in [0.25, 0.3) is 0 Å². The van der Waals surface area contributed by atoms with Crippen molar-refractivity contribution in [2.45, 2.75) is 63.8 Å². The number of aliphatic hydroxyl groups is 1. The maximum atomic E-state index is 10.1. The van der Waals surface area contributed by atoms with Crippen molar-refractivity contribution in [2.24, 2.45) is 5.92 Å². The van der Waals surface area contributed by atoms with Crippen molar-refractivity contribution in [1.29, 1.82) is 0 Å². The first-order chi connectivity index (χ1) is 6.23. The minimum atomic E-state index is -0.758. The van der Waals surface area contributed by atoms with Gasteiger partial charge in [0.1, 0.15) is 0 Å². The molecule has 0 aromatic rings. The highest BCUT2D eigenvalue weighted by Crippen LogP contribution is 2.44. The summed E-state index contributed by atoms with van der Waals surface area (Å²) >= 11 is 0. The third-order valence-corrected chi connectivity index (χ3v) is 3.46. The number of fused-ring (bicyclic) bond motifs is 1. The Kier molecular flexibility index (Phi) is 2.61. The van der Waals surface area contributed by atoms with E-state index in [1.54, 1.807) is 0 Å². The van der Waals surface area contributed by atoms with Crippen molar-refractivity contribution in [3.63, 3.8) is 0 Å². The van der Waals surface area contributed by atoms with Gasteiger partial charge in [0.2, 0.25) is 0 Å².